The van der Waals surface area contributed by atoms with Gasteiger partial charge in [0.2, 0.25) is 5.91 Å². The Morgan fingerprint density at radius 1 is 1.05 bits per heavy atom. The molecule has 0 atom stereocenters. The summed E-state index contributed by atoms with van der Waals surface area (Å²) in [6, 6.07) is 17.9. The van der Waals surface area contributed by atoms with Gasteiger partial charge < -0.3 is 9.30 Å². The summed E-state index contributed by atoms with van der Waals surface area (Å²) in [5.74, 6) is 1.16. The number of fused-ring (bicyclic) bond motifs is 1. The molecule has 3 heterocycles. The lowest BCUT2D eigenvalue weighted by atomic mass is 10.1. The number of halogens is 2. The third-order valence-electron chi connectivity index (χ3n) is 7.01. The van der Waals surface area contributed by atoms with E-state index in [1.165, 1.54) is 28.2 Å². The highest BCUT2D eigenvalue weighted by Gasteiger charge is 2.27. The van der Waals surface area contributed by atoms with Gasteiger partial charge in [-0.3, -0.25) is 19.9 Å². The zero-order valence-electron chi connectivity index (χ0n) is 21.2. The summed E-state index contributed by atoms with van der Waals surface area (Å²) >= 11 is 6.07. The number of nitrogens with zero attached hydrogens (tertiary/aromatic N) is 4. The van der Waals surface area contributed by atoms with Crippen LogP contribution in [0.4, 0.5) is 15.0 Å². The fourth-order valence-corrected chi connectivity index (χ4v) is 5.24. The van der Waals surface area contributed by atoms with Crippen molar-refractivity contribution in [1.29, 1.82) is 0 Å². The highest BCUT2D eigenvalue weighted by atomic mass is 35.5. The predicted octanol–water partition coefficient (Wildman–Crippen LogP) is 5.63. The zero-order valence-corrected chi connectivity index (χ0v) is 21.9. The van der Waals surface area contributed by atoms with E-state index < -0.39 is 11.8 Å². The first-order valence-corrected chi connectivity index (χ1v) is 12.9. The lowest BCUT2D eigenvalue weighted by Gasteiger charge is -2.26. The summed E-state index contributed by atoms with van der Waals surface area (Å²) in [4.78, 5) is 32.3. The molecule has 0 spiro atoms. The van der Waals surface area contributed by atoms with E-state index in [9.17, 15) is 14.0 Å². The molecule has 0 saturated carbocycles. The summed E-state index contributed by atoms with van der Waals surface area (Å²) in [6.45, 7) is 2.69. The van der Waals surface area contributed by atoms with Crippen LogP contribution < -0.4 is 15.0 Å². The number of carbonyl (C=O) groups is 2. The summed E-state index contributed by atoms with van der Waals surface area (Å²) in [5.41, 5.74) is 4.57. The number of hydrogen-bond donors (Lipinski definition) is 1. The number of aromatic nitrogens is 2. The number of rotatable bonds is 6. The Morgan fingerprint density at radius 2 is 1.85 bits per heavy atom. The van der Waals surface area contributed by atoms with Crippen LogP contribution in [0.3, 0.4) is 0 Å². The summed E-state index contributed by atoms with van der Waals surface area (Å²) in [6.07, 6.45) is 1.92. The largest absolute Gasteiger partial charge is 0.453 e. The number of imide groups is 1. The molecule has 1 aromatic heterocycles. The molecule has 1 fully saturated rings. The molecule has 0 aliphatic carbocycles. The number of nitrogens with one attached hydrogen (secondary N) is 1. The van der Waals surface area contributed by atoms with E-state index in [-0.39, 0.29) is 23.1 Å². The van der Waals surface area contributed by atoms with Crippen LogP contribution in [0.5, 0.6) is 11.5 Å². The van der Waals surface area contributed by atoms with Gasteiger partial charge in [0.25, 0.3) is 0 Å². The summed E-state index contributed by atoms with van der Waals surface area (Å²) in [5, 5.41) is 2.58. The second kappa shape index (κ2) is 10.2. The maximum atomic E-state index is 14.0. The van der Waals surface area contributed by atoms with Crippen molar-refractivity contribution in [3.05, 3.63) is 94.4 Å². The molecule has 6 rings (SSSR count). The van der Waals surface area contributed by atoms with Gasteiger partial charge in [0.05, 0.1) is 11.2 Å². The number of imidazole rings is 1. The van der Waals surface area contributed by atoms with E-state index in [0.29, 0.717) is 18.1 Å². The lowest BCUT2D eigenvalue weighted by Crippen LogP contribution is -2.50. The average molecular weight is 546 g/mol. The number of carbonyl (C=O) groups excluding carboxylic acids is 2. The van der Waals surface area contributed by atoms with Gasteiger partial charge in [0.15, 0.2) is 11.6 Å². The van der Waals surface area contributed by atoms with Gasteiger partial charge in [0.1, 0.15) is 17.4 Å². The number of anilines is 1. The minimum Gasteiger partial charge on any atom is -0.453 e. The standard InChI is InChI=1S/C29H25ClFN5O3/c1-34-26(36-12-11-25(37)33-29(36)38)14-32-28(34)19-7-8-20-16-35(17-21(20)13-19)15-18-5-9-22(10-6-18)39-27-23(30)3-2-4-24(27)31/h2-10,13-14H,11-12,15-17H2,1H3,(H,33,37,38). The van der Waals surface area contributed by atoms with Crippen LogP contribution >= 0.6 is 11.6 Å². The number of para-hydroxylation sites is 1. The van der Waals surface area contributed by atoms with Crippen molar-refractivity contribution in [2.75, 3.05) is 11.4 Å². The molecule has 0 radical (unpaired) electrons. The molecule has 1 saturated heterocycles. The van der Waals surface area contributed by atoms with Crippen LogP contribution in [0, 0.1) is 5.82 Å². The van der Waals surface area contributed by atoms with Crippen molar-refractivity contribution in [3.8, 4) is 22.9 Å². The van der Waals surface area contributed by atoms with Crippen LogP contribution in [0.15, 0.2) is 66.9 Å². The fraction of sp³-hybridized carbons (Fsp3) is 0.207. The topological polar surface area (TPSA) is 79.7 Å². The van der Waals surface area contributed by atoms with E-state index in [2.05, 4.69) is 27.3 Å². The monoisotopic (exact) mass is 545 g/mol. The third-order valence-corrected chi connectivity index (χ3v) is 7.31. The van der Waals surface area contributed by atoms with Crippen LogP contribution in [0.1, 0.15) is 23.1 Å². The molecule has 2 aliphatic rings. The zero-order chi connectivity index (χ0) is 27.1. The van der Waals surface area contributed by atoms with Gasteiger partial charge in [0, 0.05) is 45.2 Å². The summed E-state index contributed by atoms with van der Waals surface area (Å²) in [7, 11) is 1.87. The number of ether oxygens (including phenoxy) is 1. The van der Waals surface area contributed by atoms with Crippen LogP contribution in [-0.2, 0) is 31.5 Å². The maximum Gasteiger partial charge on any atom is 0.329 e. The van der Waals surface area contributed by atoms with Crippen molar-refractivity contribution < 1.29 is 18.7 Å². The van der Waals surface area contributed by atoms with E-state index in [1.807, 2.05) is 41.9 Å². The normalized spacial score (nSPS) is 15.4. The quantitative estimate of drug-likeness (QED) is 0.339. The Labute approximate surface area is 229 Å². The van der Waals surface area contributed by atoms with Gasteiger partial charge in [-0.1, -0.05) is 41.9 Å². The minimum absolute atomic E-state index is 0.0202. The first-order valence-electron chi connectivity index (χ1n) is 12.5. The maximum absolute atomic E-state index is 14.0. The first-order chi connectivity index (χ1) is 18.9. The second-order valence-electron chi connectivity index (χ2n) is 9.68. The molecule has 39 heavy (non-hydrogen) atoms. The number of hydrogen-bond acceptors (Lipinski definition) is 5. The molecule has 10 heteroatoms. The third kappa shape index (κ3) is 4.98. The highest BCUT2D eigenvalue weighted by molar-refractivity contribution is 6.32. The predicted molar refractivity (Wildman–Crippen MR) is 145 cm³/mol. The molecule has 3 aromatic carbocycles. The second-order valence-corrected chi connectivity index (χ2v) is 10.1. The smallest absolute Gasteiger partial charge is 0.329 e. The Hall–Kier alpha value is -4.21. The molecule has 8 nitrogen and oxygen atoms in total. The van der Waals surface area contributed by atoms with Gasteiger partial charge in [-0.05, 0) is 47.0 Å². The highest BCUT2D eigenvalue weighted by Crippen LogP contribution is 2.33. The average Bonchev–Trinajstić information content (AvgIpc) is 3.49. The first kappa shape index (κ1) is 25.1. The minimum atomic E-state index is -0.504. The van der Waals surface area contributed by atoms with Gasteiger partial charge in [-0.25, -0.2) is 14.2 Å². The van der Waals surface area contributed by atoms with Crippen molar-refractivity contribution in [2.24, 2.45) is 7.05 Å². The Morgan fingerprint density at radius 3 is 2.62 bits per heavy atom. The van der Waals surface area contributed by atoms with Crippen molar-refractivity contribution in [2.45, 2.75) is 26.1 Å². The molecule has 198 valence electrons. The Bertz CT molecular complexity index is 1570. The summed E-state index contributed by atoms with van der Waals surface area (Å²) < 4.78 is 21.6. The van der Waals surface area contributed by atoms with Crippen molar-refractivity contribution in [1.82, 2.24) is 19.8 Å². The number of benzene rings is 3. The molecular weight excluding hydrogens is 521 g/mol. The van der Waals surface area contributed by atoms with Gasteiger partial charge in [-0.15, -0.1) is 0 Å². The molecule has 2 aliphatic heterocycles. The van der Waals surface area contributed by atoms with Crippen LogP contribution in [0.2, 0.25) is 5.02 Å². The van der Waals surface area contributed by atoms with Crippen molar-refractivity contribution >= 4 is 29.4 Å². The van der Waals surface area contributed by atoms with E-state index in [0.717, 1.165) is 36.6 Å². The fourth-order valence-electron chi connectivity index (χ4n) is 5.04. The molecule has 1 N–H and O–H groups in total. The number of urea groups is 1. The molecule has 3 amide bonds. The number of amides is 3. The van der Waals surface area contributed by atoms with E-state index in [4.69, 9.17) is 16.3 Å². The SMILES string of the molecule is Cn1c(N2CCC(=O)NC2=O)cnc1-c1ccc2c(c1)CN(Cc1ccc(Oc3c(F)cccc3Cl)cc1)C2. The van der Waals surface area contributed by atoms with Crippen molar-refractivity contribution in [3.63, 3.8) is 0 Å². The molecule has 4 aromatic rings. The molecule has 0 unspecified atom stereocenters. The van der Waals surface area contributed by atoms with Gasteiger partial charge >= 0.3 is 6.03 Å². The van der Waals surface area contributed by atoms with Gasteiger partial charge in [-0.2, -0.15) is 0 Å². The Kier molecular flexibility index (Phi) is 6.54. The molecule has 0 bridgehead atoms. The van der Waals surface area contributed by atoms with E-state index >= 15 is 0 Å². The van der Waals surface area contributed by atoms with Crippen LogP contribution in [0.25, 0.3) is 11.4 Å². The molecular formula is C29H25ClFN5O3. The van der Waals surface area contributed by atoms with Crippen LogP contribution in [-0.4, -0.2) is 32.9 Å². The lowest BCUT2D eigenvalue weighted by molar-refractivity contribution is -0.120. The Balaban J connectivity index is 1.12. The van der Waals surface area contributed by atoms with E-state index in [1.54, 1.807) is 12.3 Å².